The highest BCUT2D eigenvalue weighted by Gasteiger charge is 2.26. The first-order valence-electron chi connectivity index (χ1n) is 12.3. The second kappa shape index (κ2) is 10.6. The van der Waals surface area contributed by atoms with Crippen LogP contribution in [0.5, 0.6) is 0 Å². The second-order valence-electron chi connectivity index (χ2n) is 9.03. The Balaban J connectivity index is 1.41. The minimum absolute atomic E-state index is 0.0573. The highest BCUT2D eigenvalue weighted by molar-refractivity contribution is 7.15. The van der Waals surface area contributed by atoms with E-state index in [1.54, 1.807) is 45.8 Å². The Labute approximate surface area is 228 Å². The van der Waals surface area contributed by atoms with E-state index in [1.807, 2.05) is 25.1 Å². The number of carbonyl (C=O) groups is 2. The summed E-state index contributed by atoms with van der Waals surface area (Å²) in [6.07, 6.45) is -0.306. The van der Waals surface area contributed by atoms with E-state index in [0.29, 0.717) is 65.4 Å². The molecular formula is C26H27ClN6O4S. The van der Waals surface area contributed by atoms with Crippen LogP contribution in [0.25, 0.3) is 21.9 Å². The van der Waals surface area contributed by atoms with Gasteiger partial charge >= 0.3 is 6.09 Å². The molecule has 198 valence electrons. The molecule has 12 heteroatoms. The largest absolute Gasteiger partial charge is 0.450 e. The van der Waals surface area contributed by atoms with Crippen molar-refractivity contribution in [3.05, 3.63) is 68.2 Å². The van der Waals surface area contributed by atoms with Crippen LogP contribution in [0.15, 0.2) is 40.5 Å². The monoisotopic (exact) mass is 554 g/mol. The van der Waals surface area contributed by atoms with Crippen LogP contribution in [0.4, 0.5) is 4.79 Å². The molecule has 0 saturated carbocycles. The summed E-state index contributed by atoms with van der Waals surface area (Å²) in [5.74, 6) is -0.106. The summed E-state index contributed by atoms with van der Waals surface area (Å²) < 4.78 is 8.32. The van der Waals surface area contributed by atoms with Crippen molar-refractivity contribution in [2.45, 2.75) is 27.2 Å². The van der Waals surface area contributed by atoms with Gasteiger partial charge in [-0.3, -0.25) is 14.0 Å². The molecule has 4 heterocycles. The molecule has 0 bridgehead atoms. The number of rotatable bonds is 5. The maximum Gasteiger partial charge on any atom is 0.409 e. The minimum atomic E-state index is -0.363. The van der Waals surface area contributed by atoms with Crippen LogP contribution in [-0.4, -0.2) is 73.8 Å². The minimum Gasteiger partial charge on any atom is -0.450 e. The van der Waals surface area contributed by atoms with Crippen LogP contribution in [-0.2, 0) is 16.0 Å². The lowest BCUT2D eigenvalue weighted by molar-refractivity contribution is -0.132. The van der Waals surface area contributed by atoms with E-state index in [2.05, 4.69) is 4.98 Å². The first kappa shape index (κ1) is 25.9. The normalized spacial score (nSPS) is 13.8. The number of aromatic nitrogens is 4. The van der Waals surface area contributed by atoms with E-state index in [1.165, 1.54) is 15.7 Å². The molecule has 1 saturated heterocycles. The zero-order chi connectivity index (χ0) is 27.0. The molecule has 1 fully saturated rings. The topological polar surface area (TPSA) is 102 Å². The highest BCUT2D eigenvalue weighted by Crippen LogP contribution is 2.24. The lowest BCUT2D eigenvalue weighted by atomic mass is 10.1. The Kier molecular flexibility index (Phi) is 7.22. The number of halogens is 1. The highest BCUT2D eigenvalue weighted by atomic mass is 35.5. The van der Waals surface area contributed by atoms with Gasteiger partial charge in [0.1, 0.15) is 5.69 Å². The van der Waals surface area contributed by atoms with Crippen molar-refractivity contribution in [3.63, 3.8) is 0 Å². The number of ether oxygens (including phenoxy) is 1. The number of thiazole rings is 1. The van der Waals surface area contributed by atoms with Gasteiger partial charge in [0.05, 0.1) is 30.0 Å². The third-order valence-electron chi connectivity index (χ3n) is 6.53. The van der Waals surface area contributed by atoms with Crippen LogP contribution >= 0.6 is 22.9 Å². The average Bonchev–Trinajstić information content (AvgIpc) is 3.47. The van der Waals surface area contributed by atoms with Crippen molar-refractivity contribution in [3.8, 4) is 16.9 Å². The number of aryl methyl sites for hydroxylation is 2. The first-order chi connectivity index (χ1) is 18.3. The Bertz CT molecular complexity index is 1570. The molecule has 38 heavy (non-hydrogen) atoms. The number of fused-ring (bicyclic) bond motifs is 1. The van der Waals surface area contributed by atoms with Gasteiger partial charge < -0.3 is 14.5 Å². The summed E-state index contributed by atoms with van der Waals surface area (Å²) in [6.45, 7) is 7.44. The number of hydrogen-bond acceptors (Lipinski definition) is 7. The van der Waals surface area contributed by atoms with E-state index < -0.39 is 0 Å². The van der Waals surface area contributed by atoms with Gasteiger partial charge in [-0.05, 0) is 51.1 Å². The summed E-state index contributed by atoms with van der Waals surface area (Å²) in [6, 6.07) is 9.16. The SMILES string of the molecule is CCOC(=O)N1CCN(C(=O)Cc2csc3nc(C)c(-c4cc(C)n(-c5ccc(Cl)cc5)n4)c(=O)n23)CC1. The fourth-order valence-electron chi connectivity index (χ4n) is 4.58. The van der Waals surface area contributed by atoms with Gasteiger partial charge in [0.25, 0.3) is 5.56 Å². The number of nitrogens with zero attached hydrogens (tertiary/aromatic N) is 6. The molecular weight excluding hydrogens is 528 g/mol. The van der Waals surface area contributed by atoms with Crippen molar-refractivity contribution in [2.24, 2.45) is 0 Å². The summed E-state index contributed by atoms with van der Waals surface area (Å²) in [5, 5.41) is 7.13. The number of amides is 2. The molecule has 0 spiro atoms. The molecule has 4 aromatic rings. The van der Waals surface area contributed by atoms with Gasteiger partial charge in [0.15, 0.2) is 4.96 Å². The fourth-order valence-corrected chi connectivity index (χ4v) is 5.64. The predicted octanol–water partition coefficient (Wildman–Crippen LogP) is 3.72. The molecule has 5 rings (SSSR count). The maximum absolute atomic E-state index is 13.8. The van der Waals surface area contributed by atoms with Gasteiger partial charge in [-0.25, -0.2) is 14.5 Å². The first-order valence-corrected chi connectivity index (χ1v) is 13.5. The van der Waals surface area contributed by atoms with Crippen molar-refractivity contribution in [1.29, 1.82) is 0 Å². The molecule has 1 aliphatic heterocycles. The van der Waals surface area contributed by atoms with Crippen LogP contribution in [0, 0.1) is 13.8 Å². The molecule has 1 aliphatic rings. The summed E-state index contributed by atoms with van der Waals surface area (Å²) in [4.78, 5) is 47.3. The zero-order valence-electron chi connectivity index (χ0n) is 21.3. The standard InChI is InChI=1S/C26H27ClN6O4S/c1-4-37-26(36)31-11-9-30(10-12-31)22(34)14-20-15-38-25-28-17(3)23(24(35)32(20)25)21-13-16(2)33(29-21)19-7-5-18(27)6-8-19/h5-8,13,15H,4,9-12,14H2,1-3H3. The van der Waals surface area contributed by atoms with Crippen molar-refractivity contribution in [1.82, 2.24) is 29.0 Å². The number of piperazine rings is 1. The third kappa shape index (κ3) is 4.91. The van der Waals surface area contributed by atoms with E-state index in [-0.39, 0.29) is 24.0 Å². The molecule has 1 aromatic carbocycles. The zero-order valence-corrected chi connectivity index (χ0v) is 22.9. The van der Waals surface area contributed by atoms with Crippen molar-refractivity contribution >= 4 is 39.9 Å². The molecule has 2 amide bonds. The van der Waals surface area contributed by atoms with E-state index in [0.717, 1.165) is 11.4 Å². The lowest BCUT2D eigenvalue weighted by Crippen LogP contribution is -2.51. The van der Waals surface area contributed by atoms with Crippen molar-refractivity contribution in [2.75, 3.05) is 32.8 Å². The maximum atomic E-state index is 13.8. The molecule has 0 radical (unpaired) electrons. The van der Waals surface area contributed by atoms with Gasteiger partial charge in [0.2, 0.25) is 5.91 Å². The number of benzene rings is 1. The summed E-state index contributed by atoms with van der Waals surface area (Å²) >= 11 is 7.35. The van der Waals surface area contributed by atoms with Crippen molar-refractivity contribution < 1.29 is 14.3 Å². The van der Waals surface area contributed by atoms with Gasteiger partial charge in [-0.2, -0.15) is 5.10 Å². The Morgan fingerprint density at radius 1 is 1.08 bits per heavy atom. The van der Waals surface area contributed by atoms with E-state index in [9.17, 15) is 14.4 Å². The van der Waals surface area contributed by atoms with Gasteiger partial charge in [-0.1, -0.05) is 11.6 Å². The average molecular weight is 555 g/mol. The molecule has 10 nitrogen and oxygen atoms in total. The van der Waals surface area contributed by atoms with Crippen LogP contribution in [0.2, 0.25) is 5.02 Å². The fraction of sp³-hybridized carbons (Fsp3) is 0.346. The smallest absolute Gasteiger partial charge is 0.409 e. The quantitative estimate of drug-likeness (QED) is 0.372. The van der Waals surface area contributed by atoms with E-state index in [4.69, 9.17) is 21.4 Å². The Morgan fingerprint density at radius 3 is 2.45 bits per heavy atom. The lowest BCUT2D eigenvalue weighted by Gasteiger charge is -2.34. The van der Waals surface area contributed by atoms with Gasteiger partial charge in [0, 0.05) is 48.0 Å². The third-order valence-corrected chi connectivity index (χ3v) is 7.65. The summed E-state index contributed by atoms with van der Waals surface area (Å²) in [7, 11) is 0. The molecule has 0 atom stereocenters. The second-order valence-corrected chi connectivity index (χ2v) is 10.3. The van der Waals surface area contributed by atoms with Crippen LogP contribution < -0.4 is 5.56 Å². The number of carbonyl (C=O) groups excluding carboxylic acids is 2. The van der Waals surface area contributed by atoms with Crippen LogP contribution in [0.1, 0.15) is 24.0 Å². The molecule has 0 unspecified atom stereocenters. The van der Waals surface area contributed by atoms with Gasteiger partial charge in [-0.15, -0.1) is 11.3 Å². The Hall–Kier alpha value is -3.70. The van der Waals surface area contributed by atoms with Crippen LogP contribution in [0.3, 0.4) is 0 Å². The molecule has 3 aromatic heterocycles. The molecule has 0 aliphatic carbocycles. The number of hydrogen-bond donors (Lipinski definition) is 0. The molecule has 0 N–H and O–H groups in total. The van der Waals surface area contributed by atoms with E-state index >= 15 is 0 Å². The Morgan fingerprint density at radius 2 is 1.76 bits per heavy atom. The predicted molar refractivity (Wildman–Crippen MR) is 145 cm³/mol. The summed E-state index contributed by atoms with van der Waals surface area (Å²) in [5.41, 5.74) is 3.49.